The van der Waals surface area contributed by atoms with E-state index in [9.17, 15) is 4.79 Å². The van der Waals surface area contributed by atoms with Gasteiger partial charge in [0.25, 0.3) is 0 Å². The lowest BCUT2D eigenvalue weighted by Gasteiger charge is -2.60. The minimum Gasteiger partial charge on any atom is -0.467 e. The van der Waals surface area contributed by atoms with E-state index < -0.39 is 8.32 Å². The molecule has 0 radical (unpaired) electrons. The lowest BCUT2D eigenvalue weighted by Crippen LogP contribution is -2.59. The largest absolute Gasteiger partial charge is 0.467 e. The summed E-state index contributed by atoms with van der Waals surface area (Å²) < 4.78 is 30.4. The first-order valence-corrected chi connectivity index (χ1v) is 18.8. The van der Waals surface area contributed by atoms with E-state index in [1.165, 1.54) is 0 Å². The number of methoxy groups -OCH3 is 1. The monoisotopic (exact) mass is 610 g/mol. The van der Waals surface area contributed by atoms with E-state index in [1.54, 1.807) is 7.11 Å². The van der Waals surface area contributed by atoms with Crippen LogP contribution in [0, 0.1) is 22.7 Å². The van der Waals surface area contributed by atoms with Gasteiger partial charge in [-0.25, -0.2) is 0 Å². The average molecular weight is 611 g/mol. The molecule has 0 heterocycles. The molecule has 4 atom stereocenters. The predicted octanol–water partition coefficient (Wildman–Crippen LogP) is 8.58. The van der Waals surface area contributed by atoms with Crippen molar-refractivity contribution in [3.63, 3.8) is 0 Å². The number of ether oxygens (including phenoxy) is 4. The van der Waals surface area contributed by atoms with Crippen molar-refractivity contribution in [1.82, 2.24) is 0 Å². The second kappa shape index (κ2) is 13.4. The van der Waals surface area contributed by atoms with Crippen molar-refractivity contribution in [2.45, 2.75) is 104 Å². The number of Topliss-reactive ketones (excluding diaryl/α,β-unsaturated/α-hetero) is 1. The molecule has 6 nitrogen and oxygen atoms in total. The smallest absolute Gasteiger partial charge is 0.192 e. The molecule has 0 aromatic heterocycles. The summed E-state index contributed by atoms with van der Waals surface area (Å²) in [6.07, 6.45) is 4.19. The lowest BCUT2D eigenvalue weighted by molar-refractivity contribution is -0.155. The average Bonchev–Trinajstić information content (AvgIpc) is 2.94. The molecule has 2 fully saturated rings. The van der Waals surface area contributed by atoms with Gasteiger partial charge in [-0.2, -0.15) is 0 Å². The highest BCUT2D eigenvalue weighted by molar-refractivity contribution is 6.74. The molecular weight excluding hydrogens is 556 g/mol. The summed E-state index contributed by atoms with van der Waals surface area (Å²) in [5, 5.41) is 0.155. The molecular formula is C36H54O6Si. The number of fused-ring (bicyclic) bond motifs is 1. The molecule has 2 aromatic carbocycles. The molecule has 0 N–H and O–H groups in total. The highest BCUT2D eigenvalue weighted by Gasteiger charge is 2.59. The number of hydrogen-bond acceptors (Lipinski definition) is 6. The summed E-state index contributed by atoms with van der Waals surface area (Å²) in [6, 6.07) is 15.9. The van der Waals surface area contributed by atoms with Crippen LogP contribution in [0.3, 0.4) is 0 Å². The number of rotatable bonds is 12. The summed E-state index contributed by atoms with van der Waals surface area (Å²) in [4.78, 5) is 13.8. The molecule has 2 aromatic rings. The predicted molar refractivity (Wildman–Crippen MR) is 174 cm³/mol. The van der Waals surface area contributed by atoms with Crippen LogP contribution in [-0.4, -0.2) is 40.9 Å². The Morgan fingerprint density at radius 3 is 2.19 bits per heavy atom. The van der Waals surface area contributed by atoms with Crippen LogP contribution in [0.2, 0.25) is 18.1 Å². The molecule has 0 amide bonds. The standard InChI is InChI=1S/C36H54O6Si/c1-34(2,3)43(8,9)42-33-20-21-36(6)28(29(37)18-19-32(36)35(33,4)5)22-27-30(40-24-38-7)16-13-17-31(27)41-25-39-23-26-14-11-10-12-15-26/h10-17,28,32-33H,18-25H2,1-9H3/t28-,32-,33-,36+/m0/s1. The first-order valence-electron chi connectivity index (χ1n) is 15.9. The number of hydrogen-bond donors (Lipinski definition) is 0. The number of ketones is 1. The Bertz CT molecular complexity index is 1220. The van der Waals surface area contributed by atoms with Gasteiger partial charge in [-0.1, -0.05) is 77.9 Å². The van der Waals surface area contributed by atoms with E-state index in [2.05, 4.69) is 54.6 Å². The van der Waals surface area contributed by atoms with Crippen molar-refractivity contribution in [2.75, 3.05) is 20.7 Å². The third-order valence-corrected chi connectivity index (χ3v) is 15.3. The molecule has 238 valence electrons. The van der Waals surface area contributed by atoms with Gasteiger partial charge in [0, 0.05) is 25.0 Å². The second-order valence-electron chi connectivity index (χ2n) is 14.9. The van der Waals surface area contributed by atoms with E-state index in [0.29, 0.717) is 42.6 Å². The fourth-order valence-corrected chi connectivity index (χ4v) is 8.77. The summed E-state index contributed by atoms with van der Waals surface area (Å²) in [5.74, 6) is 1.95. The normalized spacial score (nSPS) is 25.7. The molecule has 0 unspecified atom stereocenters. The molecule has 0 bridgehead atoms. The van der Waals surface area contributed by atoms with Crippen LogP contribution in [0.4, 0.5) is 0 Å². The zero-order valence-corrected chi connectivity index (χ0v) is 29.0. The van der Waals surface area contributed by atoms with E-state index >= 15 is 0 Å². The zero-order valence-electron chi connectivity index (χ0n) is 28.0. The maximum atomic E-state index is 13.8. The second-order valence-corrected chi connectivity index (χ2v) is 19.7. The minimum atomic E-state index is -1.94. The fraction of sp³-hybridized carbons (Fsp3) is 0.639. The molecule has 4 rings (SSSR count). The molecule has 7 heteroatoms. The van der Waals surface area contributed by atoms with Gasteiger partial charge in [0.15, 0.2) is 21.9 Å². The van der Waals surface area contributed by atoms with Crippen LogP contribution < -0.4 is 9.47 Å². The van der Waals surface area contributed by atoms with Crippen molar-refractivity contribution < 1.29 is 28.2 Å². The molecule has 2 saturated carbocycles. The van der Waals surface area contributed by atoms with E-state index in [1.807, 2.05) is 48.5 Å². The van der Waals surface area contributed by atoms with Gasteiger partial charge in [0.2, 0.25) is 0 Å². The maximum Gasteiger partial charge on any atom is 0.192 e. The molecule has 0 spiro atoms. The number of carbonyl (C=O) groups is 1. The van der Waals surface area contributed by atoms with Gasteiger partial charge in [0.05, 0.1) is 12.7 Å². The maximum absolute atomic E-state index is 13.8. The van der Waals surface area contributed by atoms with Gasteiger partial charge < -0.3 is 23.4 Å². The molecule has 2 aliphatic rings. The number of benzene rings is 2. The highest BCUT2D eigenvalue weighted by Crippen LogP contribution is 2.61. The zero-order chi connectivity index (χ0) is 31.5. The van der Waals surface area contributed by atoms with Crippen LogP contribution in [0.5, 0.6) is 11.5 Å². The third-order valence-electron chi connectivity index (χ3n) is 10.8. The SMILES string of the molecule is COCOc1cccc(OCOCc2ccccc2)c1C[C@H]1C(=O)CC[C@H]2C(C)(C)[C@@H](O[Si](C)(C)C(C)(C)C)CC[C@]12C. The van der Waals surface area contributed by atoms with Crippen molar-refractivity contribution in [2.24, 2.45) is 22.7 Å². The summed E-state index contributed by atoms with van der Waals surface area (Å²) >= 11 is 0. The minimum absolute atomic E-state index is 0.0435. The Hall–Kier alpha value is -2.19. The lowest BCUT2D eigenvalue weighted by atomic mass is 9.47. The highest BCUT2D eigenvalue weighted by atomic mass is 28.4. The van der Waals surface area contributed by atoms with Gasteiger partial charge in [-0.05, 0) is 78.3 Å². The molecule has 0 aliphatic heterocycles. The Labute approximate surface area is 260 Å². The van der Waals surface area contributed by atoms with Gasteiger partial charge in [-0.15, -0.1) is 0 Å². The first-order chi connectivity index (χ1) is 20.2. The topological polar surface area (TPSA) is 63.2 Å². The van der Waals surface area contributed by atoms with Crippen molar-refractivity contribution in [1.29, 1.82) is 0 Å². The van der Waals surface area contributed by atoms with E-state index in [4.69, 9.17) is 23.4 Å². The van der Waals surface area contributed by atoms with Crippen LogP contribution >= 0.6 is 0 Å². The summed E-state index contributed by atoms with van der Waals surface area (Å²) in [6.45, 7) is 19.4. The molecule has 2 aliphatic carbocycles. The van der Waals surface area contributed by atoms with Gasteiger partial charge in [-0.3, -0.25) is 4.79 Å². The van der Waals surface area contributed by atoms with Crippen LogP contribution in [0.1, 0.15) is 78.4 Å². The fourth-order valence-electron chi connectivity index (χ4n) is 7.28. The quantitative estimate of drug-likeness (QED) is 0.136. The third kappa shape index (κ3) is 7.38. The first kappa shape index (κ1) is 33.7. The van der Waals surface area contributed by atoms with Crippen molar-refractivity contribution in [3.8, 4) is 11.5 Å². The Kier molecular flexibility index (Phi) is 10.5. The van der Waals surface area contributed by atoms with Crippen LogP contribution in [-0.2, 0) is 31.7 Å². The molecule has 0 saturated heterocycles. The summed E-state index contributed by atoms with van der Waals surface area (Å²) in [7, 11) is -0.332. The van der Waals surface area contributed by atoms with Crippen LogP contribution in [0.15, 0.2) is 48.5 Å². The summed E-state index contributed by atoms with van der Waals surface area (Å²) in [5.41, 5.74) is 1.80. The van der Waals surface area contributed by atoms with Crippen molar-refractivity contribution >= 4 is 14.1 Å². The van der Waals surface area contributed by atoms with E-state index in [0.717, 1.165) is 30.4 Å². The number of carbonyl (C=O) groups excluding carboxylic acids is 1. The molecule has 43 heavy (non-hydrogen) atoms. The van der Waals surface area contributed by atoms with Gasteiger partial charge in [0.1, 0.15) is 17.3 Å². The Morgan fingerprint density at radius 2 is 1.56 bits per heavy atom. The Balaban J connectivity index is 1.58. The van der Waals surface area contributed by atoms with Crippen LogP contribution in [0.25, 0.3) is 0 Å². The van der Waals surface area contributed by atoms with E-state index in [-0.39, 0.29) is 41.5 Å². The van der Waals surface area contributed by atoms with Gasteiger partial charge >= 0.3 is 0 Å². The Morgan fingerprint density at radius 1 is 0.907 bits per heavy atom. The van der Waals surface area contributed by atoms with Crippen molar-refractivity contribution in [3.05, 3.63) is 59.7 Å².